The van der Waals surface area contributed by atoms with E-state index in [0.717, 1.165) is 17.2 Å². The third-order valence-electron chi connectivity index (χ3n) is 4.70. The number of rotatable bonds is 3. The molecule has 2 aromatic rings. The van der Waals surface area contributed by atoms with E-state index in [1.54, 1.807) is 29.3 Å². The van der Waals surface area contributed by atoms with E-state index in [1.807, 2.05) is 0 Å². The molecular weight excluding hydrogens is 441 g/mol. The monoisotopic (exact) mass is 459 g/mol. The lowest BCUT2D eigenvalue weighted by molar-refractivity contribution is -0.0466. The minimum atomic E-state index is -0.575. The van der Waals surface area contributed by atoms with Crippen LogP contribution in [0.3, 0.4) is 0 Å². The number of amidine groups is 1. The summed E-state index contributed by atoms with van der Waals surface area (Å²) in [6, 6.07) is 3.19. The molecule has 2 aromatic heterocycles. The highest BCUT2D eigenvalue weighted by atomic mass is 35.5. The lowest BCUT2D eigenvalue weighted by Crippen LogP contribution is -2.49. The molecule has 1 fully saturated rings. The highest BCUT2D eigenvalue weighted by molar-refractivity contribution is 8.13. The van der Waals surface area contributed by atoms with Crippen molar-refractivity contribution in [3.63, 3.8) is 0 Å². The first-order valence-corrected chi connectivity index (χ1v) is 10.7. The number of hydrogen-bond donors (Lipinski definition) is 2. The van der Waals surface area contributed by atoms with Gasteiger partial charge in [0, 0.05) is 23.2 Å². The summed E-state index contributed by atoms with van der Waals surface area (Å²) in [7, 11) is 0. The number of halogens is 2. The van der Waals surface area contributed by atoms with Gasteiger partial charge in [0.1, 0.15) is 22.1 Å². The molecule has 7 nitrogen and oxygen atoms in total. The molecule has 1 saturated heterocycles. The molecule has 3 N–H and O–H groups in total. The fourth-order valence-corrected chi connectivity index (χ4v) is 5.38. The Morgan fingerprint density at radius 1 is 1.46 bits per heavy atom. The number of carbonyl (C=O) groups excluding carboxylic acids is 1. The quantitative estimate of drug-likeness (QED) is 0.727. The van der Waals surface area contributed by atoms with E-state index >= 15 is 0 Å². The van der Waals surface area contributed by atoms with Crippen molar-refractivity contribution >= 4 is 64.0 Å². The lowest BCUT2D eigenvalue weighted by Gasteiger charge is -2.44. The van der Waals surface area contributed by atoms with Gasteiger partial charge in [-0.05, 0) is 25.5 Å². The zero-order valence-corrected chi connectivity index (χ0v) is 18.1. The van der Waals surface area contributed by atoms with Gasteiger partial charge in [0.2, 0.25) is 0 Å². The Morgan fingerprint density at radius 3 is 3.04 bits per heavy atom. The van der Waals surface area contributed by atoms with Crippen LogP contribution in [0.1, 0.15) is 28.8 Å². The van der Waals surface area contributed by atoms with Crippen LogP contribution in [0.25, 0.3) is 0 Å². The second-order valence-corrected chi connectivity index (χ2v) is 8.93. The number of aromatic nitrogens is 2. The van der Waals surface area contributed by atoms with Gasteiger partial charge in [-0.1, -0.05) is 23.4 Å². The fourth-order valence-electron chi connectivity index (χ4n) is 3.30. The standard InChI is InChI=1S/C17H18ClN5O2S2.ClH/c1-9-4-10-6-27-16(19)23-17(10,8-25-9)15-22-13(7-26-15)21-14(24)12-3-2-11(18)5-20-12;/h2-3,5,7,9-10H,4,6,8H2,1H3,(H2,19,23)(H,21,24);1H/t9-,10-,17-;/m0./s1. The molecular formula is C17H19Cl2N5O2S2. The third-order valence-corrected chi connectivity index (χ3v) is 6.89. The molecule has 0 radical (unpaired) electrons. The molecule has 2 aliphatic rings. The summed E-state index contributed by atoms with van der Waals surface area (Å²) in [5.41, 5.74) is 5.72. The second-order valence-electron chi connectivity index (χ2n) is 6.59. The Morgan fingerprint density at radius 2 is 2.29 bits per heavy atom. The van der Waals surface area contributed by atoms with E-state index in [9.17, 15) is 4.79 Å². The predicted molar refractivity (Wildman–Crippen MR) is 116 cm³/mol. The van der Waals surface area contributed by atoms with E-state index in [0.29, 0.717) is 28.5 Å². The average molecular weight is 460 g/mol. The van der Waals surface area contributed by atoms with E-state index in [1.165, 1.54) is 17.5 Å². The molecule has 0 aliphatic carbocycles. The smallest absolute Gasteiger partial charge is 0.275 e. The molecule has 1 amide bonds. The summed E-state index contributed by atoms with van der Waals surface area (Å²) in [4.78, 5) is 25.8. The van der Waals surface area contributed by atoms with Crippen LogP contribution in [0.2, 0.25) is 5.02 Å². The molecule has 0 bridgehead atoms. The molecule has 28 heavy (non-hydrogen) atoms. The molecule has 0 spiro atoms. The number of amides is 1. The van der Waals surface area contributed by atoms with Crippen molar-refractivity contribution in [1.29, 1.82) is 0 Å². The van der Waals surface area contributed by atoms with Crippen LogP contribution in [0.5, 0.6) is 0 Å². The van der Waals surface area contributed by atoms with Crippen molar-refractivity contribution in [2.45, 2.75) is 25.0 Å². The molecule has 4 heterocycles. The van der Waals surface area contributed by atoms with Crippen LogP contribution in [0, 0.1) is 5.92 Å². The van der Waals surface area contributed by atoms with E-state index < -0.39 is 5.54 Å². The van der Waals surface area contributed by atoms with Gasteiger partial charge in [0.15, 0.2) is 5.17 Å². The van der Waals surface area contributed by atoms with Crippen LogP contribution in [-0.2, 0) is 10.3 Å². The number of thioether (sulfide) groups is 1. The highest BCUT2D eigenvalue weighted by Crippen LogP contribution is 2.46. The number of carbonyl (C=O) groups is 1. The number of thiazole rings is 1. The molecule has 2 aliphatic heterocycles. The van der Waals surface area contributed by atoms with Gasteiger partial charge in [0.25, 0.3) is 5.91 Å². The van der Waals surface area contributed by atoms with Gasteiger partial charge in [0.05, 0.1) is 17.7 Å². The van der Waals surface area contributed by atoms with Crippen LogP contribution in [0.15, 0.2) is 28.7 Å². The largest absolute Gasteiger partial charge is 0.379 e. The van der Waals surface area contributed by atoms with Crippen molar-refractivity contribution in [3.05, 3.63) is 39.4 Å². The van der Waals surface area contributed by atoms with Crippen molar-refractivity contribution in [1.82, 2.24) is 9.97 Å². The predicted octanol–water partition coefficient (Wildman–Crippen LogP) is 3.55. The zero-order valence-electron chi connectivity index (χ0n) is 14.9. The number of hydrogen-bond acceptors (Lipinski definition) is 8. The summed E-state index contributed by atoms with van der Waals surface area (Å²) in [6.07, 6.45) is 2.53. The Balaban J connectivity index is 0.00000225. The number of anilines is 1. The Kier molecular flexibility index (Phi) is 6.51. The van der Waals surface area contributed by atoms with E-state index in [2.05, 4.69) is 22.2 Å². The third kappa shape index (κ3) is 4.13. The highest BCUT2D eigenvalue weighted by Gasteiger charge is 2.49. The molecule has 0 unspecified atom stereocenters. The number of ether oxygens (including phenoxy) is 1. The number of aliphatic imine (C=N–C) groups is 1. The number of nitrogens with two attached hydrogens (primary N) is 1. The SMILES string of the molecule is C[C@H]1C[C@H]2CSC(N)=N[C@@]2(c2nc(NC(=O)c3ccc(Cl)cn3)cs2)CO1.Cl. The van der Waals surface area contributed by atoms with Gasteiger partial charge in [-0.15, -0.1) is 23.7 Å². The van der Waals surface area contributed by atoms with Gasteiger partial charge >= 0.3 is 0 Å². The summed E-state index contributed by atoms with van der Waals surface area (Å²) < 4.78 is 5.91. The first kappa shape index (κ1) is 21.3. The van der Waals surface area contributed by atoms with Crippen LogP contribution in [-0.4, -0.2) is 39.5 Å². The number of nitrogens with zero attached hydrogens (tertiary/aromatic N) is 3. The van der Waals surface area contributed by atoms with Gasteiger partial charge in [-0.25, -0.2) is 15.0 Å². The van der Waals surface area contributed by atoms with E-state index in [4.69, 9.17) is 27.1 Å². The summed E-state index contributed by atoms with van der Waals surface area (Å²) in [5, 5.41) is 6.42. The Bertz CT molecular complexity index is 892. The van der Waals surface area contributed by atoms with Crippen molar-refractivity contribution in [3.8, 4) is 0 Å². The second kappa shape index (κ2) is 8.54. The maximum atomic E-state index is 12.4. The van der Waals surface area contributed by atoms with Crippen LogP contribution in [0.4, 0.5) is 5.82 Å². The molecule has 11 heteroatoms. The minimum Gasteiger partial charge on any atom is -0.379 e. The van der Waals surface area contributed by atoms with Gasteiger partial charge in [-0.3, -0.25) is 4.79 Å². The normalized spacial score (nSPS) is 26.6. The maximum absolute atomic E-state index is 12.4. The molecule has 0 aromatic carbocycles. The van der Waals surface area contributed by atoms with Gasteiger partial charge in [-0.2, -0.15) is 0 Å². The fraction of sp³-hybridized carbons (Fsp3) is 0.412. The number of nitrogens with one attached hydrogen (secondary N) is 1. The van der Waals surface area contributed by atoms with Gasteiger partial charge < -0.3 is 15.8 Å². The molecule has 3 atom stereocenters. The first-order chi connectivity index (χ1) is 13.0. The topological polar surface area (TPSA) is 102 Å². The lowest BCUT2D eigenvalue weighted by atomic mass is 9.80. The van der Waals surface area contributed by atoms with Crippen molar-refractivity contribution < 1.29 is 9.53 Å². The Labute approximate surface area is 181 Å². The molecule has 150 valence electrons. The Hall–Kier alpha value is -1.39. The number of pyridine rings is 1. The molecule has 4 rings (SSSR count). The summed E-state index contributed by atoms with van der Waals surface area (Å²) >= 11 is 8.84. The molecule has 0 saturated carbocycles. The van der Waals surface area contributed by atoms with E-state index in [-0.39, 0.29) is 30.1 Å². The number of fused-ring (bicyclic) bond motifs is 1. The summed E-state index contributed by atoms with van der Waals surface area (Å²) in [5.74, 6) is 1.31. The van der Waals surface area contributed by atoms with Crippen LogP contribution >= 0.6 is 47.1 Å². The average Bonchev–Trinajstić information content (AvgIpc) is 3.11. The minimum absolute atomic E-state index is 0. The first-order valence-electron chi connectivity index (χ1n) is 8.45. The van der Waals surface area contributed by atoms with Crippen molar-refractivity contribution in [2.24, 2.45) is 16.6 Å². The summed E-state index contributed by atoms with van der Waals surface area (Å²) in [6.45, 7) is 2.52. The zero-order chi connectivity index (χ0) is 19.0. The van der Waals surface area contributed by atoms with Crippen LogP contribution < -0.4 is 11.1 Å². The maximum Gasteiger partial charge on any atom is 0.275 e. The van der Waals surface area contributed by atoms with Crippen molar-refractivity contribution in [2.75, 3.05) is 17.7 Å².